The molecule has 0 spiro atoms. The Labute approximate surface area is 173 Å². The van der Waals surface area contributed by atoms with Gasteiger partial charge in [0.25, 0.3) is 11.6 Å². The van der Waals surface area contributed by atoms with Gasteiger partial charge in [-0.05, 0) is 43.2 Å². The number of methoxy groups -OCH3 is 2. The van der Waals surface area contributed by atoms with Gasteiger partial charge in [0, 0.05) is 23.6 Å². The molecule has 2 aromatic carbocycles. The zero-order chi connectivity index (χ0) is 21.3. The van der Waals surface area contributed by atoms with Crippen molar-refractivity contribution in [2.75, 3.05) is 19.2 Å². The normalized spacial score (nSPS) is 20.4. The number of ether oxygens (including phenoxy) is 2. The van der Waals surface area contributed by atoms with Gasteiger partial charge < -0.3 is 9.47 Å². The lowest BCUT2D eigenvalue weighted by atomic mass is 9.76. The molecule has 0 saturated carbocycles. The molecule has 4 rings (SSSR count). The summed E-state index contributed by atoms with van der Waals surface area (Å²) >= 11 is 0. The molecule has 1 aliphatic carbocycles. The van der Waals surface area contributed by atoms with Crippen LogP contribution in [0.15, 0.2) is 59.7 Å². The highest BCUT2D eigenvalue weighted by atomic mass is 16.6. The third-order valence-electron chi connectivity index (χ3n) is 5.50. The Morgan fingerprint density at radius 3 is 2.30 bits per heavy atom. The van der Waals surface area contributed by atoms with E-state index in [1.807, 2.05) is 24.3 Å². The fourth-order valence-corrected chi connectivity index (χ4v) is 3.95. The van der Waals surface area contributed by atoms with E-state index < -0.39 is 4.92 Å². The van der Waals surface area contributed by atoms with E-state index in [0.29, 0.717) is 23.6 Å². The molecular weight excluding hydrogens is 386 g/mol. The first-order valence-corrected chi connectivity index (χ1v) is 9.57. The molecule has 0 aromatic heterocycles. The molecular formula is C22H21N3O5. The number of non-ortho nitro benzene ring substituents is 1. The molecule has 154 valence electrons. The Balaban J connectivity index is 1.80. The van der Waals surface area contributed by atoms with Crippen molar-refractivity contribution < 1.29 is 19.2 Å². The van der Waals surface area contributed by atoms with Gasteiger partial charge in [-0.15, -0.1) is 0 Å². The van der Waals surface area contributed by atoms with Crippen LogP contribution in [-0.4, -0.2) is 30.8 Å². The molecule has 8 heteroatoms. The van der Waals surface area contributed by atoms with Crippen LogP contribution in [0.3, 0.4) is 0 Å². The summed E-state index contributed by atoms with van der Waals surface area (Å²) in [6, 6.07) is 11.4. The van der Waals surface area contributed by atoms with Crippen molar-refractivity contribution in [2.45, 2.75) is 12.8 Å². The first-order valence-electron chi connectivity index (χ1n) is 9.57. The molecule has 2 aliphatic rings. The van der Waals surface area contributed by atoms with Crippen molar-refractivity contribution in [3.8, 4) is 11.5 Å². The summed E-state index contributed by atoms with van der Waals surface area (Å²) in [6.07, 6.45) is 5.44. The summed E-state index contributed by atoms with van der Waals surface area (Å²) in [5.41, 5.74) is 2.09. The summed E-state index contributed by atoms with van der Waals surface area (Å²) in [6.45, 7) is 0. The first kappa shape index (κ1) is 19.6. The van der Waals surface area contributed by atoms with Crippen LogP contribution in [0.2, 0.25) is 0 Å². The molecule has 0 radical (unpaired) electrons. The monoisotopic (exact) mass is 407 g/mol. The topological polar surface area (TPSA) is 94.3 Å². The predicted octanol–water partition coefficient (Wildman–Crippen LogP) is 3.95. The Hall–Kier alpha value is -3.68. The van der Waals surface area contributed by atoms with Crippen LogP contribution in [0.5, 0.6) is 11.5 Å². The Kier molecular flexibility index (Phi) is 5.22. The summed E-state index contributed by atoms with van der Waals surface area (Å²) < 4.78 is 10.8. The predicted molar refractivity (Wildman–Crippen MR) is 112 cm³/mol. The second-order valence-electron chi connectivity index (χ2n) is 7.13. The number of benzene rings is 2. The molecule has 2 aromatic rings. The van der Waals surface area contributed by atoms with Crippen molar-refractivity contribution in [3.05, 3.63) is 70.3 Å². The number of hydrazone groups is 1. The molecule has 0 N–H and O–H groups in total. The standard InChI is InChI=1S/C22H21N3O5/c1-29-19-12-7-14(13-20(19)30-2)21-17-5-3-4-6-18(17)22(26)24(23-21)15-8-10-16(11-9-15)25(27)28/h3-4,7-13,17-18H,5-6H2,1-2H3/t17-,18+/m0/s1. The van der Waals surface area contributed by atoms with Crippen LogP contribution in [0.25, 0.3) is 0 Å². The number of rotatable bonds is 5. The molecule has 2 atom stereocenters. The smallest absolute Gasteiger partial charge is 0.269 e. The SMILES string of the molecule is COc1ccc(C2=NN(c3ccc([N+](=O)[O-])cc3)C(=O)[C@@H]3CC=CC[C@H]23)cc1OC. The van der Waals surface area contributed by atoms with Gasteiger partial charge in [0.05, 0.1) is 36.5 Å². The van der Waals surface area contributed by atoms with Gasteiger partial charge in [-0.1, -0.05) is 12.2 Å². The number of anilines is 1. The van der Waals surface area contributed by atoms with Gasteiger partial charge in [0.1, 0.15) is 0 Å². The number of carbonyl (C=O) groups excluding carboxylic acids is 1. The minimum absolute atomic E-state index is 0.0363. The summed E-state index contributed by atoms with van der Waals surface area (Å²) in [5.74, 6) is 0.795. The van der Waals surface area contributed by atoms with Crippen molar-refractivity contribution in [1.29, 1.82) is 0 Å². The lowest BCUT2D eigenvalue weighted by molar-refractivity contribution is -0.384. The summed E-state index contributed by atoms with van der Waals surface area (Å²) in [4.78, 5) is 23.7. The van der Waals surface area contributed by atoms with Gasteiger partial charge in [-0.2, -0.15) is 5.10 Å². The number of allylic oxidation sites excluding steroid dienone is 2. The van der Waals surface area contributed by atoms with E-state index in [1.54, 1.807) is 26.4 Å². The number of carbonyl (C=O) groups is 1. The highest BCUT2D eigenvalue weighted by Crippen LogP contribution is 2.38. The zero-order valence-electron chi connectivity index (χ0n) is 16.6. The first-order chi connectivity index (χ1) is 14.5. The average Bonchev–Trinajstić information content (AvgIpc) is 2.79. The number of nitrogens with zero attached hydrogens (tertiary/aromatic N) is 3. The molecule has 0 unspecified atom stereocenters. The van der Waals surface area contributed by atoms with E-state index in [9.17, 15) is 14.9 Å². The largest absolute Gasteiger partial charge is 0.493 e. The maximum atomic E-state index is 13.2. The van der Waals surface area contributed by atoms with Crippen LogP contribution in [0.4, 0.5) is 11.4 Å². The van der Waals surface area contributed by atoms with Gasteiger partial charge in [0.2, 0.25) is 0 Å². The highest BCUT2D eigenvalue weighted by molar-refractivity contribution is 6.11. The lowest BCUT2D eigenvalue weighted by Gasteiger charge is -2.37. The zero-order valence-corrected chi connectivity index (χ0v) is 16.6. The minimum Gasteiger partial charge on any atom is -0.493 e. The average molecular weight is 407 g/mol. The van der Waals surface area contributed by atoms with E-state index in [-0.39, 0.29) is 23.4 Å². The fourth-order valence-electron chi connectivity index (χ4n) is 3.95. The Morgan fingerprint density at radius 2 is 1.67 bits per heavy atom. The second-order valence-corrected chi connectivity index (χ2v) is 7.13. The van der Waals surface area contributed by atoms with E-state index in [4.69, 9.17) is 14.6 Å². The van der Waals surface area contributed by atoms with Crippen molar-refractivity contribution in [3.63, 3.8) is 0 Å². The van der Waals surface area contributed by atoms with Gasteiger partial charge in [-0.25, -0.2) is 5.01 Å². The molecule has 1 aliphatic heterocycles. The quantitative estimate of drug-likeness (QED) is 0.425. The maximum absolute atomic E-state index is 13.2. The van der Waals surface area contributed by atoms with Gasteiger partial charge in [0.15, 0.2) is 11.5 Å². The van der Waals surface area contributed by atoms with Crippen LogP contribution in [0.1, 0.15) is 18.4 Å². The number of amides is 1. The third kappa shape index (κ3) is 3.41. The molecule has 1 heterocycles. The van der Waals surface area contributed by atoms with E-state index >= 15 is 0 Å². The van der Waals surface area contributed by atoms with Crippen LogP contribution >= 0.6 is 0 Å². The maximum Gasteiger partial charge on any atom is 0.269 e. The molecule has 30 heavy (non-hydrogen) atoms. The highest BCUT2D eigenvalue weighted by Gasteiger charge is 2.40. The van der Waals surface area contributed by atoms with E-state index in [0.717, 1.165) is 17.7 Å². The molecule has 1 amide bonds. The van der Waals surface area contributed by atoms with Crippen LogP contribution in [0, 0.1) is 22.0 Å². The Bertz CT molecular complexity index is 1050. The second kappa shape index (κ2) is 7.98. The number of fused-ring (bicyclic) bond motifs is 1. The van der Waals surface area contributed by atoms with Crippen molar-refractivity contribution in [2.24, 2.45) is 16.9 Å². The van der Waals surface area contributed by atoms with Crippen LogP contribution < -0.4 is 14.5 Å². The fraction of sp³-hybridized carbons (Fsp3) is 0.273. The molecule has 0 fully saturated rings. The van der Waals surface area contributed by atoms with Gasteiger partial charge in [-0.3, -0.25) is 14.9 Å². The van der Waals surface area contributed by atoms with Gasteiger partial charge >= 0.3 is 0 Å². The Morgan fingerprint density at radius 1 is 1.00 bits per heavy atom. The molecule has 8 nitrogen and oxygen atoms in total. The summed E-state index contributed by atoms with van der Waals surface area (Å²) in [5, 5.41) is 17.0. The molecule has 0 saturated heterocycles. The minimum atomic E-state index is -0.470. The molecule has 0 bridgehead atoms. The number of nitro benzene ring substituents is 1. The third-order valence-corrected chi connectivity index (χ3v) is 5.50. The van der Waals surface area contributed by atoms with E-state index in [1.165, 1.54) is 17.1 Å². The lowest BCUT2D eigenvalue weighted by Crippen LogP contribution is -2.45. The number of hydrogen-bond donors (Lipinski definition) is 0. The van der Waals surface area contributed by atoms with Crippen molar-refractivity contribution in [1.82, 2.24) is 0 Å². The summed E-state index contributed by atoms with van der Waals surface area (Å²) in [7, 11) is 3.15. The van der Waals surface area contributed by atoms with Crippen LogP contribution in [-0.2, 0) is 4.79 Å². The van der Waals surface area contributed by atoms with E-state index in [2.05, 4.69) is 6.08 Å². The number of hydrogen-bond acceptors (Lipinski definition) is 6. The number of nitro groups is 1. The van der Waals surface area contributed by atoms with Crippen molar-refractivity contribution >= 4 is 23.0 Å².